The number of aromatic nitrogens is 2. The molecule has 1 aromatic carbocycles. The second kappa shape index (κ2) is 3.24. The van der Waals surface area contributed by atoms with Crippen molar-refractivity contribution in [2.75, 3.05) is 0 Å². The van der Waals surface area contributed by atoms with Crippen LogP contribution in [0, 0.1) is 4.64 Å². The molecule has 2 N–H and O–H groups in total. The fourth-order valence-corrected chi connectivity index (χ4v) is 1.52. The number of H-pyrrole nitrogens is 1. The molecule has 1 aromatic heterocycles. The van der Waals surface area contributed by atoms with Crippen molar-refractivity contribution < 1.29 is 5.11 Å². The fraction of sp³-hybridized carbons (Fsp3) is 0.111. The van der Waals surface area contributed by atoms with E-state index in [1.807, 2.05) is 24.3 Å². The fourth-order valence-electron chi connectivity index (χ4n) is 1.29. The predicted molar refractivity (Wildman–Crippen MR) is 52.9 cm³/mol. The van der Waals surface area contributed by atoms with Gasteiger partial charge in [-0.1, -0.05) is 36.5 Å². The lowest BCUT2D eigenvalue weighted by Gasteiger charge is -2.01. The molecule has 0 atom stereocenters. The summed E-state index contributed by atoms with van der Waals surface area (Å²) in [6.45, 7) is -0.0768. The molecular formula is C9H8N2OS. The molecule has 0 bridgehead atoms. The molecule has 2 aromatic rings. The zero-order valence-electron chi connectivity index (χ0n) is 6.82. The first kappa shape index (κ1) is 8.34. The van der Waals surface area contributed by atoms with E-state index in [1.165, 1.54) is 0 Å². The summed E-state index contributed by atoms with van der Waals surface area (Å²) in [5.41, 5.74) is 0.629. The minimum atomic E-state index is -0.0768. The highest BCUT2D eigenvalue weighted by Crippen LogP contribution is 2.16. The van der Waals surface area contributed by atoms with E-state index in [1.54, 1.807) is 0 Å². The van der Waals surface area contributed by atoms with Gasteiger partial charge in [0.05, 0.1) is 12.3 Å². The third-order valence-corrected chi connectivity index (χ3v) is 2.24. The van der Waals surface area contributed by atoms with Gasteiger partial charge in [-0.3, -0.25) is 5.10 Å². The Bertz CT molecular complexity index is 492. The lowest BCUT2D eigenvalue weighted by atomic mass is 10.1. The van der Waals surface area contributed by atoms with Gasteiger partial charge in [0, 0.05) is 10.8 Å². The molecule has 0 fully saturated rings. The summed E-state index contributed by atoms with van der Waals surface area (Å²) in [5, 5.41) is 17.5. The second-order valence-corrected chi connectivity index (χ2v) is 3.11. The molecule has 4 heteroatoms. The number of hydrogen-bond donors (Lipinski definition) is 2. The Morgan fingerprint density at radius 2 is 2.00 bits per heavy atom. The maximum absolute atomic E-state index is 9.01. The van der Waals surface area contributed by atoms with Gasteiger partial charge in [0.2, 0.25) is 0 Å². The summed E-state index contributed by atoms with van der Waals surface area (Å²) in [6.07, 6.45) is 0. The second-order valence-electron chi connectivity index (χ2n) is 2.70. The molecule has 1 heterocycles. The van der Waals surface area contributed by atoms with Crippen LogP contribution < -0.4 is 0 Å². The molecule has 3 nitrogen and oxygen atoms in total. The Morgan fingerprint density at radius 3 is 2.69 bits per heavy atom. The Morgan fingerprint density at radius 1 is 1.31 bits per heavy atom. The van der Waals surface area contributed by atoms with Crippen LogP contribution >= 0.6 is 12.2 Å². The monoisotopic (exact) mass is 192 g/mol. The topological polar surface area (TPSA) is 48.9 Å². The standard InChI is InChI=1S/C9H8N2OS/c12-5-8-6-3-1-2-4-7(6)9(13)11-10-8/h1-4,12H,5H2,(H,11,13). The van der Waals surface area contributed by atoms with E-state index in [0.29, 0.717) is 10.3 Å². The van der Waals surface area contributed by atoms with Crippen molar-refractivity contribution in [3.05, 3.63) is 34.6 Å². The van der Waals surface area contributed by atoms with Crippen LogP contribution in [0.2, 0.25) is 0 Å². The highest BCUT2D eigenvalue weighted by molar-refractivity contribution is 7.71. The van der Waals surface area contributed by atoms with E-state index in [2.05, 4.69) is 10.2 Å². The van der Waals surface area contributed by atoms with Gasteiger partial charge < -0.3 is 5.11 Å². The van der Waals surface area contributed by atoms with Crippen molar-refractivity contribution >= 4 is 23.0 Å². The van der Waals surface area contributed by atoms with Gasteiger partial charge in [-0.05, 0) is 0 Å². The van der Waals surface area contributed by atoms with Crippen LogP contribution in [0.1, 0.15) is 5.69 Å². The number of aliphatic hydroxyl groups excluding tert-OH is 1. The van der Waals surface area contributed by atoms with Crippen LogP contribution in [0.3, 0.4) is 0 Å². The molecule has 0 radical (unpaired) electrons. The summed E-state index contributed by atoms with van der Waals surface area (Å²) in [6, 6.07) is 7.62. The average molecular weight is 192 g/mol. The number of aromatic amines is 1. The van der Waals surface area contributed by atoms with Crippen molar-refractivity contribution in [1.29, 1.82) is 0 Å². The molecule has 2 rings (SSSR count). The molecular weight excluding hydrogens is 184 g/mol. The van der Waals surface area contributed by atoms with Gasteiger partial charge in [0.25, 0.3) is 0 Å². The van der Waals surface area contributed by atoms with Crippen LogP contribution in [0.15, 0.2) is 24.3 Å². The van der Waals surface area contributed by atoms with Crippen molar-refractivity contribution in [3.8, 4) is 0 Å². The number of fused-ring (bicyclic) bond motifs is 1. The SMILES string of the molecule is OCc1n[nH]c(=S)c2ccccc12. The highest BCUT2D eigenvalue weighted by Gasteiger charge is 2.01. The van der Waals surface area contributed by atoms with E-state index >= 15 is 0 Å². The van der Waals surface area contributed by atoms with E-state index < -0.39 is 0 Å². The highest BCUT2D eigenvalue weighted by atomic mass is 32.1. The summed E-state index contributed by atoms with van der Waals surface area (Å²) in [4.78, 5) is 0. The van der Waals surface area contributed by atoms with Crippen LogP contribution in [-0.2, 0) is 6.61 Å². The van der Waals surface area contributed by atoms with Gasteiger partial charge >= 0.3 is 0 Å². The van der Waals surface area contributed by atoms with Gasteiger partial charge in [0.15, 0.2) is 0 Å². The first-order chi connectivity index (χ1) is 6.33. The molecule has 0 amide bonds. The lowest BCUT2D eigenvalue weighted by Crippen LogP contribution is -1.94. The van der Waals surface area contributed by atoms with E-state index in [0.717, 1.165) is 10.8 Å². The van der Waals surface area contributed by atoms with Crippen molar-refractivity contribution in [1.82, 2.24) is 10.2 Å². The van der Waals surface area contributed by atoms with E-state index in [-0.39, 0.29) is 6.61 Å². The third kappa shape index (κ3) is 1.34. The number of rotatable bonds is 1. The number of nitrogens with one attached hydrogen (secondary N) is 1. The molecule has 0 saturated carbocycles. The quantitative estimate of drug-likeness (QED) is 0.677. The van der Waals surface area contributed by atoms with Gasteiger partial charge in [-0.25, -0.2) is 0 Å². The summed E-state index contributed by atoms with van der Waals surface area (Å²) in [7, 11) is 0. The maximum Gasteiger partial charge on any atom is 0.127 e. The van der Waals surface area contributed by atoms with Crippen LogP contribution in [0.5, 0.6) is 0 Å². The number of hydrogen-bond acceptors (Lipinski definition) is 3. The van der Waals surface area contributed by atoms with Crippen LogP contribution in [-0.4, -0.2) is 15.3 Å². The first-order valence-electron chi connectivity index (χ1n) is 3.90. The Hall–Kier alpha value is -1.26. The van der Waals surface area contributed by atoms with E-state index in [9.17, 15) is 0 Å². The lowest BCUT2D eigenvalue weighted by molar-refractivity contribution is 0.277. The Labute approximate surface area is 80.0 Å². The smallest absolute Gasteiger partial charge is 0.127 e. The van der Waals surface area contributed by atoms with Crippen molar-refractivity contribution in [3.63, 3.8) is 0 Å². The molecule has 0 aliphatic heterocycles. The molecule has 13 heavy (non-hydrogen) atoms. The van der Waals surface area contributed by atoms with Crippen LogP contribution in [0.4, 0.5) is 0 Å². The zero-order chi connectivity index (χ0) is 9.26. The van der Waals surface area contributed by atoms with Gasteiger partial charge in [0.1, 0.15) is 4.64 Å². The Balaban J connectivity index is 2.93. The Kier molecular flexibility index (Phi) is 2.08. The van der Waals surface area contributed by atoms with E-state index in [4.69, 9.17) is 17.3 Å². The van der Waals surface area contributed by atoms with Crippen LogP contribution in [0.25, 0.3) is 10.8 Å². The predicted octanol–water partition coefficient (Wildman–Crippen LogP) is 1.78. The van der Waals surface area contributed by atoms with Crippen molar-refractivity contribution in [2.24, 2.45) is 0 Å². The third-order valence-electron chi connectivity index (χ3n) is 1.92. The summed E-state index contributed by atoms with van der Waals surface area (Å²) < 4.78 is 0.604. The molecule has 0 aliphatic rings. The minimum absolute atomic E-state index is 0.0768. The summed E-state index contributed by atoms with van der Waals surface area (Å²) >= 11 is 5.06. The number of aliphatic hydroxyl groups is 1. The maximum atomic E-state index is 9.01. The van der Waals surface area contributed by atoms with Crippen molar-refractivity contribution in [2.45, 2.75) is 6.61 Å². The molecule has 0 unspecified atom stereocenters. The number of nitrogens with zero attached hydrogens (tertiary/aromatic N) is 1. The summed E-state index contributed by atoms with van der Waals surface area (Å²) in [5.74, 6) is 0. The average Bonchev–Trinajstić information content (AvgIpc) is 2.19. The van der Waals surface area contributed by atoms with Gasteiger partial charge in [-0.15, -0.1) is 0 Å². The zero-order valence-corrected chi connectivity index (χ0v) is 7.64. The number of benzene rings is 1. The molecule has 0 aliphatic carbocycles. The minimum Gasteiger partial charge on any atom is -0.390 e. The molecule has 0 spiro atoms. The first-order valence-corrected chi connectivity index (χ1v) is 4.31. The van der Waals surface area contributed by atoms with Gasteiger partial charge in [-0.2, -0.15) is 5.10 Å². The largest absolute Gasteiger partial charge is 0.390 e. The molecule has 66 valence electrons. The molecule has 0 saturated heterocycles. The normalized spacial score (nSPS) is 10.5.